The Balaban J connectivity index is 0.00000243. The third-order valence-corrected chi connectivity index (χ3v) is 4.97. The maximum Gasteiger partial charge on any atom is 0.227 e. The SMILES string of the molecule is CN(C(=O)Cc1ccccc1F)[C@H](CN1CCCC1)c1ccccc1.Cl. The van der Waals surface area contributed by atoms with Crippen LogP contribution in [0.25, 0.3) is 0 Å². The van der Waals surface area contributed by atoms with Gasteiger partial charge in [0.25, 0.3) is 0 Å². The largest absolute Gasteiger partial charge is 0.337 e. The van der Waals surface area contributed by atoms with Gasteiger partial charge in [-0.1, -0.05) is 48.5 Å². The first kappa shape index (κ1) is 20.4. The molecule has 0 N–H and O–H groups in total. The lowest BCUT2D eigenvalue weighted by molar-refractivity contribution is -0.131. The lowest BCUT2D eigenvalue weighted by Gasteiger charge is -2.32. The number of carbonyl (C=O) groups excluding carboxylic acids is 1. The van der Waals surface area contributed by atoms with Gasteiger partial charge in [0.2, 0.25) is 5.91 Å². The van der Waals surface area contributed by atoms with Crippen molar-refractivity contribution in [1.29, 1.82) is 0 Å². The molecule has 0 aliphatic carbocycles. The van der Waals surface area contributed by atoms with Crippen molar-refractivity contribution < 1.29 is 9.18 Å². The van der Waals surface area contributed by atoms with E-state index in [0.29, 0.717) is 5.56 Å². The van der Waals surface area contributed by atoms with Crippen molar-refractivity contribution in [2.75, 3.05) is 26.7 Å². The number of hydrogen-bond acceptors (Lipinski definition) is 2. The van der Waals surface area contributed by atoms with E-state index < -0.39 is 0 Å². The van der Waals surface area contributed by atoms with Crippen LogP contribution in [0.15, 0.2) is 54.6 Å². The van der Waals surface area contributed by atoms with Crippen LogP contribution in [0.5, 0.6) is 0 Å². The molecule has 1 saturated heterocycles. The Morgan fingerprint density at radius 3 is 2.35 bits per heavy atom. The van der Waals surface area contributed by atoms with Crippen LogP contribution in [0, 0.1) is 5.82 Å². The minimum atomic E-state index is -0.319. The molecule has 0 saturated carbocycles. The van der Waals surface area contributed by atoms with E-state index in [-0.39, 0.29) is 36.6 Å². The molecule has 3 rings (SSSR count). The van der Waals surface area contributed by atoms with E-state index in [4.69, 9.17) is 0 Å². The average Bonchev–Trinajstić information content (AvgIpc) is 3.15. The van der Waals surface area contributed by atoms with Crippen molar-refractivity contribution >= 4 is 18.3 Å². The van der Waals surface area contributed by atoms with Gasteiger partial charge < -0.3 is 9.80 Å². The van der Waals surface area contributed by atoms with Gasteiger partial charge >= 0.3 is 0 Å². The van der Waals surface area contributed by atoms with Crippen molar-refractivity contribution in [2.24, 2.45) is 0 Å². The molecule has 1 heterocycles. The van der Waals surface area contributed by atoms with E-state index in [1.54, 1.807) is 23.1 Å². The van der Waals surface area contributed by atoms with Crippen LogP contribution in [0.4, 0.5) is 4.39 Å². The van der Waals surface area contributed by atoms with Gasteiger partial charge in [-0.05, 0) is 43.1 Å². The predicted octanol–water partition coefficient (Wildman–Crippen LogP) is 4.09. The van der Waals surface area contributed by atoms with Crippen LogP contribution in [0.1, 0.15) is 30.0 Å². The molecule has 0 bridgehead atoms. The summed E-state index contributed by atoms with van der Waals surface area (Å²) in [4.78, 5) is 17.0. The Kier molecular flexibility index (Phi) is 7.61. The number of amides is 1. The number of likely N-dealkylation sites (N-methyl/N-ethyl adjacent to an activating group) is 1. The van der Waals surface area contributed by atoms with E-state index in [0.717, 1.165) is 25.2 Å². The first-order chi connectivity index (χ1) is 12.1. The van der Waals surface area contributed by atoms with E-state index in [2.05, 4.69) is 17.0 Å². The fourth-order valence-corrected chi connectivity index (χ4v) is 3.44. The van der Waals surface area contributed by atoms with Gasteiger partial charge in [-0.15, -0.1) is 12.4 Å². The summed E-state index contributed by atoms with van der Waals surface area (Å²) in [7, 11) is 1.83. The lowest BCUT2D eigenvalue weighted by Crippen LogP contribution is -2.39. The van der Waals surface area contributed by atoms with Crippen LogP contribution < -0.4 is 0 Å². The van der Waals surface area contributed by atoms with Gasteiger partial charge in [0, 0.05) is 13.6 Å². The predicted molar refractivity (Wildman–Crippen MR) is 105 cm³/mol. The number of carbonyl (C=O) groups is 1. The van der Waals surface area contributed by atoms with Crippen LogP contribution in [-0.2, 0) is 11.2 Å². The lowest BCUT2D eigenvalue weighted by atomic mass is 10.0. The fourth-order valence-electron chi connectivity index (χ4n) is 3.44. The summed E-state index contributed by atoms with van der Waals surface area (Å²) in [6.07, 6.45) is 2.52. The van der Waals surface area contributed by atoms with Crippen molar-refractivity contribution in [1.82, 2.24) is 9.80 Å². The molecule has 2 aromatic rings. The number of likely N-dealkylation sites (tertiary alicyclic amines) is 1. The molecule has 0 radical (unpaired) electrons. The maximum atomic E-state index is 13.9. The van der Waals surface area contributed by atoms with Gasteiger partial charge in [0.1, 0.15) is 5.82 Å². The fraction of sp³-hybridized carbons (Fsp3) is 0.381. The molecule has 0 aromatic heterocycles. The molecule has 26 heavy (non-hydrogen) atoms. The average molecular weight is 377 g/mol. The number of hydrogen-bond donors (Lipinski definition) is 0. The second-order valence-electron chi connectivity index (χ2n) is 6.71. The van der Waals surface area contributed by atoms with Gasteiger partial charge in [-0.3, -0.25) is 4.79 Å². The number of benzene rings is 2. The quantitative estimate of drug-likeness (QED) is 0.758. The maximum absolute atomic E-state index is 13.9. The first-order valence-electron chi connectivity index (χ1n) is 8.91. The summed E-state index contributed by atoms with van der Waals surface area (Å²) in [5, 5.41) is 0. The molecule has 1 atom stereocenters. The van der Waals surface area contributed by atoms with Crippen molar-refractivity contribution in [3.8, 4) is 0 Å². The summed E-state index contributed by atoms with van der Waals surface area (Å²) < 4.78 is 13.9. The normalized spacial score (nSPS) is 15.3. The summed E-state index contributed by atoms with van der Waals surface area (Å²) in [5.41, 5.74) is 1.58. The molecule has 1 amide bonds. The highest BCUT2D eigenvalue weighted by Gasteiger charge is 2.25. The highest BCUT2D eigenvalue weighted by molar-refractivity contribution is 5.85. The number of halogens is 2. The highest BCUT2D eigenvalue weighted by atomic mass is 35.5. The number of nitrogens with zero attached hydrogens (tertiary/aromatic N) is 2. The zero-order valence-electron chi connectivity index (χ0n) is 15.1. The Morgan fingerprint density at radius 1 is 1.08 bits per heavy atom. The van der Waals surface area contributed by atoms with E-state index in [1.165, 1.54) is 18.9 Å². The molecule has 1 fully saturated rings. The van der Waals surface area contributed by atoms with Gasteiger partial charge in [-0.25, -0.2) is 4.39 Å². The van der Waals surface area contributed by atoms with Crippen LogP contribution in [0.2, 0.25) is 0 Å². The molecular formula is C21H26ClFN2O. The third-order valence-electron chi connectivity index (χ3n) is 4.97. The highest BCUT2D eigenvalue weighted by Crippen LogP contribution is 2.24. The van der Waals surface area contributed by atoms with Gasteiger partial charge in [0.05, 0.1) is 12.5 Å². The smallest absolute Gasteiger partial charge is 0.227 e. The monoisotopic (exact) mass is 376 g/mol. The zero-order valence-corrected chi connectivity index (χ0v) is 15.9. The summed E-state index contributed by atoms with van der Waals surface area (Å²) in [6, 6.07) is 16.6. The molecule has 1 aliphatic heterocycles. The number of rotatable bonds is 6. The molecule has 140 valence electrons. The van der Waals surface area contributed by atoms with Crippen molar-refractivity contribution in [3.63, 3.8) is 0 Å². The van der Waals surface area contributed by atoms with E-state index in [9.17, 15) is 9.18 Å². The Hall–Kier alpha value is -1.91. The molecule has 1 aliphatic rings. The Morgan fingerprint density at radius 2 is 1.69 bits per heavy atom. The molecular weight excluding hydrogens is 351 g/mol. The molecule has 0 unspecified atom stereocenters. The van der Waals surface area contributed by atoms with Crippen LogP contribution in [-0.4, -0.2) is 42.4 Å². The van der Waals surface area contributed by atoms with Gasteiger partial charge in [-0.2, -0.15) is 0 Å². The van der Waals surface area contributed by atoms with Crippen molar-refractivity contribution in [2.45, 2.75) is 25.3 Å². The minimum absolute atomic E-state index is 0. The molecule has 5 heteroatoms. The zero-order chi connectivity index (χ0) is 17.6. The van der Waals surface area contributed by atoms with Crippen LogP contribution in [0.3, 0.4) is 0 Å². The summed E-state index contributed by atoms with van der Waals surface area (Å²) in [6.45, 7) is 2.99. The van der Waals surface area contributed by atoms with E-state index in [1.807, 2.05) is 25.2 Å². The van der Waals surface area contributed by atoms with Crippen molar-refractivity contribution in [3.05, 3.63) is 71.5 Å². The minimum Gasteiger partial charge on any atom is -0.337 e. The van der Waals surface area contributed by atoms with E-state index >= 15 is 0 Å². The molecule has 2 aromatic carbocycles. The first-order valence-corrected chi connectivity index (χ1v) is 8.91. The standard InChI is InChI=1S/C21H25FN2O.ClH/c1-23(21(25)15-18-11-5-6-12-19(18)22)20(16-24-13-7-8-14-24)17-9-3-2-4-10-17;/h2-6,9-12,20H,7-8,13-16H2,1H3;1H/t20-;/m1./s1. The Labute approximate surface area is 161 Å². The van der Waals surface area contributed by atoms with Crippen LogP contribution >= 0.6 is 12.4 Å². The summed E-state index contributed by atoms with van der Waals surface area (Å²) in [5.74, 6) is -0.377. The second kappa shape index (κ2) is 9.70. The topological polar surface area (TPSA) is 23.6 Å². The second-order valence-corrected chi connectivity index (χ2v) is 6.71. The molecule has 3 nitrogen and oxygen atoms in total. The van der Waals surface area contributed by atoms with Gasteiger partial charge in [0.15, 0.2) is 0 Å². The third kappa shape index (κ3) is 5.05. The summed E-state index contributed by atoms with van der Waals surface area (Å²) >= 11 is 0. The Bertz CT molecular complexity index is 704. The molecule has 0 spiro atoms.